The Morgan fingerprint density at radius 1 is 0.786 bits per heavy atom. The normalized spacial score (nSPS) is 10.4. The van der Waals surface area contributed by atoms with E-state index in [4.69, 9.17) is 0 Å². The minimum Gasteiger partial charge on any atom is -0.306 e. The summed E-state index contributed by atoms with van der Waals surface area (Å²) in [5, 5.41) is 11.0. The zero-order valence-electron chi connectivity index (χ0n) is 15.7. The zero-order valence-corrected chi connectivity index (χ0v) is 15.7. The highest BCUT2D eigenvalue weighted by atomic mass is 16.2. The Morgan fingerprint density at radius 2 is 1.18 bits per heavy atom. The van der Waals surface area contributed by atoms with Crippen LogP contribution in [-0.4, -0.2) is 31.6 Å². The summed E-state index contributed by atoms with van der Waals surface area (Å²) >= 11 is 0. The average Bonchev–Trinajstić information content (AvgIpc) is 2.63. The number of anilines is 2. The molecule has 144 valence electrons. The van der Waals surface area contributed by atoms with Crippen molar-refractivity contribution in [1.29, 1.82) is 0 Å². The van der Waals surface area contributed by atoms with Crippen molar-refractivity contribution in [1.82, 2.24) is 19.6 Å². The van der Waals surface area contributed by atoms with E-state index in [0.717, 1.165) is 20.5 Å². The number of hydrogen-bond acceptors (Lipinski definition) is 2. The molecule has 3 aromatic rings. The topological polar surface area (TPSA) is 99.6 Å². The first-order chi connectivity index (χ1) is 13.3. The lowest BCUT2D eigenvalue weighted by atomic mass is 10.2. The van der Waals surface area contributed by atoms with E-state index in [0.29, 0.717) is 11.4 Å². The van der Waals surface area contributed by atoms with Crippen LogP contribution < -0.4 is 21.6 Å². The molecule has 0 saturated heterocycles. The van der Waals surface area contributed by atoms with Gasteiger partial charge in [0.15, 0.2) is 0 Å². The van der Waals surface area contributed by atoms with Gasteiger partial charge in [0.2, 0.25) is 0 Å². The largest absolute Gasteiger partial charge is 0.346 e. The maximum Gasteiger partial charge on any atom is 0.346 e. The Labute approximate surface area is 161 Å². The molecular formula is C20H22N6O2. The van der Waals surface area contributed by atoms with Crippen LogP contribution in [0.15, 0.2) is 48.5 Å². The molecule has 0 aliphatic heterocycles. The molecule has 2 aromatic carbocycles. The number of nitrogens with one attached hydrogen (secondary N) is 4. The molecule has 1 heterocycles. The fourth-order valence-corrected chi connectivity index (χ4v) is 2.64. The molecule has 0 aliphatic rings. The molecule has 8 heteroatoms. The molecule has 0 radical (unpaired) electrons. The Kier molecular flexibility index (Phi) is 5.21. The third-order valence-corrected chi connectivity index (χ3v) is 3.97. The number of benzene rings is 2. The van der Waals surface area contributed by atoms with Gasteiger partial charge in [-0.3, -0.25) is 10.2 Å². The second-order valence-electron chi connectivity index (χ2n) is 6.39. The summed E-state index contributed by atoms with van der Waals surface area (Å²) in [6, 6.07) is 13.9. The summed E-state index contributed by atoms with van der Waals surface area (Å²) in [5.74, 6) is 0. The molecule has 0 bridgehead atoms. The second-order valence-corrected chi connectivity index (χ2v) is 6.39. The number of hydrogen-bond donors (Lipinski definition) is 4. The molecule has 0 aliphatic carbocycles. The number of nitrogens with zero attached hydrogens (tertiary/aromatic N) is 2. The number of carbonyl (C=O) groups is 2. The van der Waals surface area contributed by atoms with Crippen molar-refractivity contribution < 1.29 is 9.59 Å². The number of H-pyrrole nitrogens is 2. The first-order valence-electron chi connectivity index (χ1n) is 8.60. The summed E-state index contributed by atoms with van der Waals surface area (Å²) in [5.41, 5.74) is 3.65. The Bertz CT molecular complexity index is 1080. The standard InChI is InChI=1S/C20H22N6O2/c1-13-7-5-9-17(11-13)21-19(27)25-15(3)24-26(16(4)23-25)20(28)22-18-10-6-8-14(2)12-18/h5-12,23-24H,3-4H2,1-2H3,(H,21,27)(H,22,28). The maximum absolute atomic E-state index is 12.5. The first kappa shape index (κ1) is 18.8. The quantitative estimate of drug-likeness (QED) is 0.551. The van der Waals surface area contributed by atoms with Crippen molar-refractivity contribution in [2.45, 2.75) is 13.8 Å². The van der Waals surface area contributed by atoms with Crippen LogP contribution >= 0.6 is 0 Å². The molecule has 0 atom stereocenters. The van der Waals surface area contributed by atoms with Crippen LogP contribution in [0.5, 0.6) is 0 Å². The lowest BCUT2D eigenvalue weighted by Crippen LogP contribution is -2.47. The number of aromatic nitrogens is 4. The highest BCUT2D eigenvalue weighted by Crippen LogP contribution is 2.10. The molecule has 28 heavy (non-hydrogen) atoms. The van der Waals surface area contributed by atoms with Crippen LogP contribution in [0.2, 0.25) is 0 Å². The van der Waals surface area contributed by atoms with Crippen molar-refractivity contribution in [2.75, 3.05) is 10.6 Å². The van der Waals surface area contributed by atoms with Gasteiger partial charge in [-0.25, -0.2) is 9.59 Å². The second kappa shape index (κ2) is 7.75. The van der Waals surface area contributed by atoms with Gasteiger partial charge in [-0.2, -0.15) is 9.36 Å². The van der Waals surface area contributed by atoms with E-state index < -0.39 is 12.1 Å². The van der Waals surface area contributed by atoms with Crippen LogP contribution in [0.3, 0.4) is 0 Å². The van der Waals surface area contributed by atoms with Crippen molar-refractivity contribution in [3.8, 4) is 0 Å². The molecule has 0 saturated carbocycles. The third-order valence-electron chi connectivity index (χ3n) is 3.97. The number of aryl methyl sites for hydroxylation is 2. The lowest BCUT2D eigenvalue weighted by molar-refractivity contribution is 0.242. The first-order valence-corrected chi connectivity index (χ1v) is 8.60. The maximum atomic E-state index is 12.5. The van der Waals surface area contributed by atoms with E-state index in [2.05, 4.69) is 34.0 Å². The fourth-order valence-electron chi connectivity index (χ4n) is 2.64. The summed E-state index contributed by atoms with van der Waals surface area (Å²) in [4.78, 5) is 25.1. The van der Waals surface area contributed by atoms with Gasteiger partial charge in [-0.05, 0) is 49.2 Å². The van der Waals surface area contributed by atoms with Crippen molar-refractivity contribution in [3.63, 3.8) is 0 Å². The lowest BCUT2D eigenvalue weighted by Gasteiger charge is -2.14. The van der Waals surface area contributed by atoms with Crippen LogP contribution in [-0.2, 0) is 0 Å². The van der Waals surface area contributed by atoms with Gasteiger partial charge in [-0.1, -0.05) is 37.4 Å². The van der Waals surface area contributed by atoms with Crippen molar-refractivity contribution in [2.24, 2.45) is 0 Å². The van der Waals surface area contributed by atoms with Gasteiger partial charge < -0.3 is 10.6 Å². The molecular weight excluding hydrogens is 356 g/mol. The SMILES string of the molecule is C=c1[nH]n(C(=O)Nc2cccc(C)c2)c(=C)[nH]n1C(=O)Nc1cccc(C)c1. The van der Waals surface area contributed by atoms with Crippen LogP contribution in [0.4, 0.5) is 21.0 Å². The molecule has 0 unspecified atom stereocenters. The third kappa shape index (κ3) is 4.24. The summed E-state index contributed by atoms with van der Waals surface area (Å²) in [6.07, 6.45) is 0. The van der Waals surface area contributed by atoms with Gasteiger partial charge in [0.1, 0.15) is 11.0 Å². The van der Waals surface area contributed by atoms with Crippen LogP contribution in [0.1, 0.15) is 11.1 Å². The molecule has 8 nitrogen and oxygen atoms in total. The number of carbonyl (C=O) groups excluding carboxylic acids is 2. The fraction of sp³-hybridized carbons (Fsp3) is 0.100. The molecule has 0 spiro atoms. The average molecular weight is 378 g/mol. The summed E-state index contributed by atoms with van der Waals surface area (Å²) in [7, 11) is 0. The Morgan fingerprint density at radius 3 is 1.54 bits per heavy atom. The van der Waals surface area contributed by atoms with E-state index in [1.807, 2.05) is 50.2 Å². The highest BCUT2D eigenvalue weighted by Gasteiger charge is 2.10. The van der Waals surface area contributed by atoms with Crippen molar-refractivity contribution >= 4 is 36.6 Å². The van der Waals surface area contributed by atoms with Gasteiger partial charge >= 0.3 is 12.1 Å². The highest BCUT2D eigenvalue weighted by molar-refractivity contribution is 5.91. The van der Waals surface area contributed by atoms with E-state index in [1.165, 1.54) is 0 Å². The summed E-state index contributed by atoms with van der Waals surface area (Å²) in [6.45, 7) is 11.5. The monoisotopic (exact) mass is 378 g/mol. The molecule has 4 N–H and O–H groups in total. The van der Waals surface area contributed by atoms with E-state index in [1.54, 1.807) is 12.1 Å². The van der Waals surface area contributed by atoms with Crippen LogP contribution in [0.25, 0.3) is 13.2 Å². The Balaban J connectivity index is 1.84. The van der Waals surface area contributed by atoms with E-state index in [-0.39, 0.29) is 11.0 Å². The van der Waals surface area contributed by atoms with Gasteiger partial charge in [0.05, 0.1) is 0 Å². The molecule has 2 amide bonds. The minimum absolute atomic E-state index is 0.164. The van der Waals surface area contributed by atoms with Gasteiger partial charge in [0.25, 0.3) is 0 Å². The molecule has 0 fully saturated rings. The van der Waals surface area contributed by atoms with Gasteiger partial charge in [0, 0.05) is 11.4 Å². The number of amides is 2. The number of aromatic amines is 2. The predicted octanol–water partition coefficient (Wildman–Crippen LogP) is 2.67. The number of rotatable bonds is 2. The molecule has 1 aromatic heterocycles. The van der Waals surface area contributed by atoms with Crippen molar-refractivity contribution in [3.05, 3.63) is 70.6 Å². The van der Waals surface area contributed by atoms with E-state index in [9.17, 15) is 9.59 Å². The molecule has 3 rings (SSSR count). The zero-order chi connectivity index (χ0) is 20.3. The van der Waals surface area contributed by atoms with E-state index >= 15 is 0 Å². The van der Waals surface area contributed by atoms with Crippen LogP contribution in [0, 0.1) is 13.8 Å². The predicted molar refractivity (Wildman–Crippen MR) is 110 cm³/mol. The minimum atomic E-state index is -0.469. The Hall–Kier alpha value is -3.94. The van der Waals surface area contributed by atoms with Gasteiger partial charge in [-0.15, -0.1) is 0 Å². The summed E-state index contributed by atoms with van der Waals surface area (Å²) < 4.78 is 2.28. The smallest absolute Gasteiger partial charge is 0.306 e.